The van der Waals surface area contributed by atoms with Crippen LogP contribution in [0.25, 0.3) is 0 Å². The molecule has 7 rings (SSSR count). The van der Waals surface area contributed by atoms with E-state index >= 15 is 0 Å². The van der Waals surface area contributed by atoms with Gasteiger partial charge in [-0.1, -0.05) is 0 Å². The van der Waals surface area contributed by atoms with E-state index in [9.17, 15) is 4.79 Å². The van der Waals surface area contributed by atoms with Gasteiger partial charge in [-0.3, -0.25) is 9.69 Å². The van der Waals surface area contributed by atoms with Crippen molar-refractivity contribution < 1.29 is 4.79 Å². The number of nitrogens with zero attached hydrogens (tertiary/aromatic N) is 2. The number of hydrazone groups is 1. The quantitative estimate of drug-likeness (QED) is 0.796. The Morgan fingerprint density at radius 2 is 1.64 bits per heavy atom. The van der Waals surface area contributed by atoms with Crippen LogP contribution in [0.5, 0.6) is 0 Å². The molecule has 0 spiro atoms. The van der Waals surface area contributed by atoms with Gasteiger partial charge in [0.05, 0.1) is 11.1 Å². The molecule has 0 radical (unpaired) electrons. The molecule has 3 heterocycles. The second kappa shape index (κ2) is 4.80. The lowest BCUT2D eigenvalue weighted by Crippen LogP contribution is -2.53. The van der Waals surface area contributed by atoms with Crippen LogP contribution in [0.2, 0.25) is 0 Å². The van der Waals surface area contributed by atoms with E-state index in [1.165, 1.54) is 50.9 Å². The number of hydrogen-bond donors (Lipinski definition) is 1. The number of carbonyl (C=O) groups excluding carboxylic acids is 1. The first kappa shape index (κ1) is 13.5. The van der Waals surface area contributed by atoms with Gasteiger partial charge < -0.3 is 0 Å². The van der Waals surface area contributed by atoms with Crippen molar-refractivity contribution in [3.63, 3.8) is 0 Å². The minimum absolute atomic E-state index is 0.0627. The Morgan fingerprint density at radius 1 is 1.05 bits per heavy atom. The largest absolute Gasteiger partial charge is 0.298 e. The van der Waals surface area contributed by atoms with Gasteiger partial charge >= 0.3 is 0 Å². The molecule has 1 N–H and O–H groups in total. The first-order valence-corrected chi connectivity index (χ1v) is 9.29. The number of rotatable bonds is 2. The summed E-state index contributed by atoms with van der Waals surface area (Å²) in [5.74, 6) is 3.33. The van der Waals surface area contributed by atoms with E-state index < -0.39 is 0 Å². The first-order chi connectivity index (χ1) is 10.7. The third kappa shape index (κ3) is 2.06. The number of piperidine rings is 3. The van der Waals surface area contributed by atoms with Gasteiger partial charge in [0.2, 0.25) is 5.91 Å². The number of fused-ring (bicyclic) bond motifs is 3. The average Bonchev–Trinajstić information content (AvgIpc) is 2.52. The second-order valence-corrected chi connectivity index (χ2v) is 8.79. The summed E-state index contributed by atoms with van der Waals surface area (Å²) in [7, 11) is 0. The van der Waals surface area contributed by atoms with Crippen molar-refractivity contribution in [3.8, 4) is 0 Å². The van der Waals surface area contributed by atoms with Crippen LogP contribution in [0.4, 0.5) is 0 Å². The minimum atomic E-state index is -0.0627. The minimum Gasteiger partial charge on any atom is -0.298 e. The summed E-state index contributed by atoms with van der Waals surface area (Å²) >= 11 is 0. The Morgan fingerprint density at radius 3 is 2.14 bits per heavy atom. The van der Waals surface area contributed by atoms with Crippen molar-refractivity contribution in [3.05, 3.63) is 0 Å². The first-order valence-electron chi connectivity index (χ1n) is 9.29. The highest BCUT2D eigenvalue weighted by Gasteiger charge is 2.54. The summed E-state index contributed by atoms with van der Waals surface area (Å²) in [5, 5.41) is 4.60. The Labute approximate surface area is 132 Å². The molecule has 3 saturated heterocycles. The Kier molecular flexibility index (Phi) is 2.95. The predicted octanol–water partition coefficient (Wildman–Crippen LogP) is 2.40. The van der Waals surface area contributed by atoms with Crippen LogP contribution >= 0.6 is 0 Å². The summed E-state index contributed by atoms with van der Waals surface area (Å²) < 4.78 is 0. The number of amides is 1. The van der Waals surface area contributed by atoms with E-state index in [1.54, 1.807) is 0 Å². The lowest BCUT2D eigenvalue weighted by molar-refractivity contribution is -0.146. The van der Waals surface area contributed by atoms with Crippen LogP contribution < -0.4 is 5.43 Å². The highest BCUT2D eigenvalue weighted by molar-refractivity contribution is 5.92. The van der Waals surface area contributed by atoms with Crippen LogP contribution in [-0.4, -0.2) is 36.2 Å². The summed E-state index contributed by atoms with van der Waals surface area (Å²) in [6, 6.07) is 0. The fourth-order valence-corrected chi connectivity index (χ4v) is 6.54. The molecule has 4 heteroatoms. The monoisotopic (exact) mass is 301 g/mol. The van der Waals surface area contributed by atoms with Crippen molar-refractivity contribution in [2.75, 3.05) is 19.6 Å². The van der Waals surface area contributed by atoms with E-state index in [4.69, 9.17) is 0 Å². The third-order valence-electron chi connectivity index (χ3n) is 7.27. The van der Waals surface area contributed by atoms with Crippen LogP contribution in [0.1, 0.15) is 51.4 Å². The molecule has 6 bridgehead atoms. The number of nitrogens with one attached hydrogen (secondary N) is 1. The Balaban J connectivity index is 1.31. The van der Waals surface area contributed by atoms with Crippen molar-refractivity contribution in [2.45, 2.75) is 51.4 Å². The van der Waals surface area contributed by atoms with Gasteiger partial charge in [-0.2, -0.15) is 5.10 Å². The van der Waals surface area contributed by atoms with Gasteiger partial charge in [-0.25, -0.2) is 5.43 Å². The van der Waals surface area contributed by atoms with Crippen molar-refractivity contribution in [1.29, 1.82) is 0 Å². The van der Waals surface area contributed by atoms with Crippen molar-refractivity contribution >= 4 is 11.6 Å². The molecule has 4 nitrogen and oxygen atoms in total. The highest BCUT2D eigenvalue weighted by Crippen LogP contribution is 2.60. The fourth-order valence-electron chi connectivity index (χ4n) is 6.54. The van der Waals surface area contributed by atoms with E-state index in [-0.39, 0.29) is 11.3 Å². The number of carbonyl (C=O) groups is 1. The van der Waals surface area contributed by atoms with E-state index in [1.807, 2.05) is 0 Å². The van der Waals surface area contributed by atoms with E-state index in [0.29, 0.717) is 5.92 Å². The van der Waals surface area contributed by atoms with Gasteiger partial charge in [0.25, 0.3) is 0 Å². The van der Waals surface area contributed by atoms with Gasteiger partial charge in [-0.15, -0.1) is 0 Å². The maximum absolute atomic E-state index is 12.9. The zero-order chi connectivity index (χ0) is 14.7. The summed E-state index contributed by atoms with van der Waals surface area (Å²) in [4.78, 5) is 15.4. The van der Waals surface area contributed by atoms with Crippen LogP contribution in [0.15, 0.2) is 5.10 Å². The molecular formula is C18H27N3O. The lowest BCUT2D eigenvalue weighted by Gasteiger charge is -2.55. The zero-order valence-electron chi connectivity index (χ0n) is 13.4. The van der Waals surface area contributed by atoms with Gasteiger partial charge in [0.15, 0.2) is 0 Å². The smallest absolute Gasteiger partial charge is 0.246 e. The highest BCUT2D eigenvalue weighted by atomic mass is 16.2. The maximum Gasteiger partial charge on any atom is 0.246 e. The van der Waals surface area contributed by atoms with Crippen LogP contribution in [0.3, 0.4) is 0 Å². The average molecular weight is 301 g/mol. The standard InChI is InChI=1S/C18H27N3O/c22-17(20-19-16-11-21-3-1-15(16)2-4-21)18-8-12-5-13(9-18)7-14(6-12)10-18/h12-15H,1-11H2,(H,20,22)/b19-16-. The summed E-state index contributed by atoms with van der Waals surface area (Å²) in [5.41, 5.74) is 4.19. The van der Waals surface area contributed by atoms with Gasteiger partial charge in [-0.05, 0) is 82.2 Å². The van der Waals surface area contributed by atoms with E-state index in [2.05, 4.69) is 15.4 Å². The molecule has 4 aliphatic carbocycles. The van der Waals surface area contributed by atoms with Crippen molar-refractivity contribution in [2.24, 2.45) is 34.2 Å². The second-order valence-electron chi connectivity index (χ2n) is 8.79. The molecule has 0 atom stereocenters. The summed E-state index contributed by atoms with van der Waals surface area (Å²) in [6.45, 7) is 3.41. The molecule has 0 aromatic rings. The normalized spacial score (nSPS) is 50.5. The van der Waals surface area contributed by atoms with E-state index in [0.717, 1.165) is 43.6 Å². The molecule has 3 aliphatic heterocycles. The summed E-state index contributed by atoms with van der Waals surface area (Å²) in [6.07, 6.45) is 10.0. The molecule has 120 valence electrons. The molecule has 0 aromatic heterocycles. The molecule has 22 heavy (non-hydrogen) atoms. The molecule has 0 unspecified atom stereocenters. The molecule has 7 aliphatic rings. The lowest BCUT2D eigenvalue weighted by atomic mass is 9.49. The van der Waals surface area contributed by atoms with Gasteiger partial charge in [0, 0.05) is 12.5 Å². The number of hydrogen-bond acceptors (Lipinski definition) is 3. The van der Waals surface area contributed by atoms with Crippen molar-refractivity contribution in [1.82, 2.24) is 10.3 Å². The predicted molar refractivity (Wildman–Crippen MR) is 85.3 cm³/mol. The molecule has 7 fully saturated rings. The molecular weight excluding hydrogens is 274 g/mol. The molecule has 1 amide bonds. The fraction of sp³-hybridized carbons (Fsp3) is 0.889. The van der Waals surface area contributed by atoms with Crippen LogP contribution in [-0.2, 0) is 4.79 Å². The topological polar surface area (TPSA) is 44.7 Å². The van der Waals surface area contributed by atoms with Gasteiger partial charge in [0.1, 0.15) is 0 Å². The Hall–Kier alpha value is -0.900. The third-order valence-corrected chi connectivity index (χ3v) is 7.27. The maximum atomic E-state index is 12.9. The Bertz CT molecular complexity index is 483. The van der Waals surface area contributed by atoms with Crippen LogP contribution in [0, 0.1) is 29.1 Å². The SMILES string of the molecule is O=C(N/N=C1/CN2CCC1CC2)C12CC3CC(CC(C3)C1)C2. The molecule has 0 aromatic carbocycles. The molecule has 4 saturated carbocycles. The zero-order valence-corrected chi connectivity index (χ0v) is 13.4.